The van der Waals surface area contributed by atoms with Gasteiger partial charge in [-0.15, -0.1) is 0 Å². The Labute approximate surface area is 164 Å². The standard InChI is InChI=1S/C20H19F2N3O4/c1-20(2,3)29-19(28)24(4)11-5-7-12(8-6-11)25-17(26)13-9-14(21)15(22)10-16(13)23-18(25)27/h5-10H,1-4H3,(H,23,27). The van der Waals surface area contributed by atoms with E-state index >= 15 is 0 Å². The highest BCUT2D eigenvalue weighted by Crippen LogP contribution is 2.19. The largest absolute Gasteiger partial charge is 0.443 e. The molecule has 0 aliphatic heterocycles. The molecule has 9 heteroatoms. The van der Waals surface area contributed by atoms with Crippen LogP contribution in [0.25, 0.3) is 16.6 Å². The Bertz CT molecular complexity index is 1210. The van der Waals surface area contributed by atoms with Crippen molar-refractivity contribution in [2.24, 2.45) is 0 Å². The maximum Gasteiger partial charge on any atom is 0.414 e. The number of hydrogen-bond acceptors (Lipinski definition) is 4. The summed E-state index contributed by atoms with van der Waals surface area (Å²) in [7, 11) is 1.52. The summed E-state index contributed by atoms with van der Waals surface area (Å²) >= 11 is 0. The van der Waals surface area contributed by atoms with Crippen LogP contribution in [-0.4, -0.2) is 28.3 Å². The van der Waals surface area contributed by atoms with E-state index in [4.69, 9.17) is 4.74 Å². The van der Waals surface area contributed by atoms with E-state index in [9.17, 15) is 23.2 Å². The number of H-pyrrole nitrogens is 1. The molecule has 1 aromatic heterocycles. The lowest BCUT2D eigenvalue weighted by molar-refractivity contribution is 0.0589. The first kappa shape index (κ1) is 20.2. The molecule has 29 heavy (non-hydrogen) atoms. The van der Waals surface area contributed by atoms with Crippen molar-refractivity contribution in [3.8, 4) is 5.69 Å². The number of amides is 1. The third-order valence-electron chi connectivity index (χ3n) is 4.10. The number of aromatic nitrogens is 2. The Kier molecular flexibility index (Phi) is 5.00. The first-order valence-electron chi connectivity index (χ1n) is 8.69. The molecule has 1 amide bonds. The van der Waals surface area contributed by atoms with Crippen LogP contribution in [0.15, 0.2) is 46.0 Å². The van der Waals surface area contributed by atoms with Gasteiger partial charge in [-0.05, 0) is 51.1 Å². The number of hydrogen-bond donors (Lipinski definition) is 1. The van der Waals surface area contributed by atoms with Crippen LogP contribution in [0.5, 0.6) is 0 Å². The summed E-state index contributed by atoms with van der Waals surface area (Å²) < 4.78 is 33.0. The van der Waals surface area contributed by atoms with Crippen LogP contribution in [-0.2, 0) is 4.74 Å². The zero-order valence-corrected chi connectivity index (χ0v) is 16.2. The molecular formula is C20H19F2N3O4. The fraction of sp³-hybridized carbons (Fsp3) is 0.250. The molecule has 0 aliphatic carbocycles. The van der Waals surface area contributed by atoms with Crippen LogP contribution in [0.1, 0.15) is 20.8 Å². The van der Waals surface area contributed by atoms with Gasteiger partial charge < -0.3 is 9.72 Å². The third kappa shape index (κ3) is 4.03. The number of aromatic amines is 1. The number of nitrogens with zero attached hydrogens (tertiary/aromatic N) is 2. The highest BCUT2D eigenvalue weighted by atomic mass is 19.2. The first-order chi connectivity index (χ1) is 13.5. The van der Waals surface area contributed by atoms with Gasteiger partial charge in [-0.1, -0.05) is 0 Å². The third-order valence-corrected chi connectivity index (χ3v) is 4.10. The number of rotatable bonds is 2. The molecule has 0 unspecified atom stereocenters. The summed E-state index contributed by atoms with van der Waals surface area (Å²) in [6.07, 6.45) is -0.566. The number of carbonyl (C=O) groups excluding carboxylic acids is 1. The van der Waals surface area contributed by atoms with E-state index in [-0.39, 0.29) is 16.6 Å². The summed E-state index contributed by atoms with van der Waals surface area (Å²) in [5.41, 5.74) is -1.69. The predicted molar refractivity (Wildman–Crippen MR) is 105 cm³/mol. The highest BCUT2D eigenvalue weighted by Gasteiger charge is 2.21. The van der Waals surface area contributed by atoms with Crippen LogP contribution < -0.4 is 16.1 Å². The number of fused-ring (bicyclic) bond motifs is 1. The van der Waals surface area contributed by atoms with Crippen molar-refractivity contribution in [1.82, 2.24) is 9.55 Å². The van der Waals surface area contributed by atoms with Crippen molar-refractivity contribution in [2.75, 3.05) is 11.9 Å². The minimum atomic E-state index is -1.19. The summed E-state index contributed by atoms with van der Waals surface area (Å²) in [5.74, 6) is -2.36. The van der Waals surface area contributed by atoms with Gasteiger partial charge in [0, 0.05) is 18.8 Å². The van der Waals surface area contributed by atoms with Gasteiger partial charge in [0.05, 0.1) is 16.6 Å². The Hall–Kier alpha value is -3.49. The molecule has 0 saturated carbocycles. The van der Waals surface area contributed by atoms with Crippen molar-refractivity contribution >= 4 is 22.7 Å². The van der Waals surface area contributed by atoms with Crippen molar-refractivity contribution in [3.05, 3.63) is 68.9 Å². The molecule has 1 heterocycles. The van der Waals surface area contributed by atoms with Crippen molar-refractivity contribution in [3.63, 3.8) is 0 Å². The minimum Gasteiger partial charge on any atom is -0.443 e. The smallest absolute Gasteiger partial charge is 0.414 e. The molecule has 0 radical (unpaired) electrons. The molecule has 0 atom stereocenters. The summed E-state index contributed by atoms with van der Waals surface area (Å²) in [4.78, 5) is 40.8. The molecule has 3 rings (SSSR count). The summed E-state index contributed by atoms with van der Waals surface area (Å²) in [6.45, 7) is 5.23. The highest BCUT2D eigenvalue weighted by molar-refractivity contribution is 5.87. The molecule has 0 saturated heterocycles. The molecule has 0 aliphatic rings. The summed E-state index contributed by atoms with van der Waals surface area (Å²) in [6, 6.07) is 7.47. The lowest BCUT2D eigenvalue weighted by Gasteiger charge is -2.24. The van der Waals surface area contributed by atoms with Gasteiger partial charge in [0.15, 0.2) is 11.6 Å². The van der Waals surface area contributed by atoms with Gasteiger partial charge >= 0.3 is 11.8 Å². The Morgan fingerprint density at radius 2 is 1.66 bits per heavy atom. The van der Waals surface area contributed by atoms with E-state index in [1.54, 1.807) is 20.8 Å². The Balaban J connectivity index is 2.01. The van der Waals surface area contributed by atoms with Gasteiger partial charge in [-0.25, -0.2) is 22.9 Å². The second-order valence-corrected chi connectivity index (χ2v) is 7.44. The molecule has 1 N–H and O–H groups in total. The first-order valence-corrected chi connectivity index (χ1v) is 8.69. The van der Waals surface area contributed by atoms with Gasteiger partial charge in [0.2, 0.25) is 0 Å². The van der Waals surface area contributed by atoms with Crippen LogP contribution in [0, 0.1) is 11.6 Å². The molecule has 152 valence electrons. The number of carbonyl (C=O) groups is 1. The zero-order chi connectivity index (χ0) is 21.5. The van der Waals surface area contributed by atoms with Crippen LogP contribution in [0.3, 0.4) is 0 Å². The van der Waals surface area contributed by atoms with Gasteiger partial charge in [0.25, 0.3) is 5.56 Å². The predicted octanol–water partition coefficient (Wildman–Crippen LogP) is 3.33. The average Bonchev–Trinajstić information content (AvgIpc) is 2.62. The molecule has 0 bridgehead atoms. The van der Waals surface area contributed by atoms with E-state index in [2.05, 4.69) is 4.98 Å². The lowest BCUT2D eigenvalue weighted by atomic mass is 10.2. The number of ether oxygens (including phenoxy) is 1. The molecule has 0 spiro atoms. The van der Waals surface area contributed by atoms with E-state index in [0.29, 0.717) is 5.69 Å². The SMILES string of the molecule is CN(C(=O)OC(C)(C)C)c1ccc(-n2c(=O)[nH]c3cc(F)c(F)cc3c2=O)cc1. The van der Waals surface area contributed by atoms with Crippen molar-refractivity contribution < 1.29 is 18.3 Å². The average molecular weight is 403 g/mol. The second-order valence-electron chi connectivity index (χ2n) is 7.44. The van der Waals surface area contributed by atoms with Crippen molar-refractivity contribution in [1.29, 1.82) is 0 Å². The molecule has 7 nitrogen and oxygen atoms in total. The Morgan fingerprint density at radius 1 is 1.07 bits per heavy atom. The second kappa shape index (κ2) is 7.16. The fourth-order valence-electron chi connectivity index (χ4n) is 2.71. The molecule has 3 aromatic rings. The van der Waals surface area contributed by atoms with Gasteiger partial charge in [-0.2, -0.15) is 0 Å². The lowest BCUT2D eigenvalue weighted by Crippen LogP contribution is -2.34. The van der Waals surface area contributed by atoms with Crippen LogP contribution >= 0.6 is 0 Å². The number of halogens is 2. The zero-order valence-electron chi connectivity index (χ0n) is 16.2. The fourth-order valence-corrected chi connectivity index (χ4v) is 2.71. The maximum absolute atomic E-state index is 13.5. The minimum absolute atomic E-state index is 0.101. The molecule has 0 fully saturated rings. The van der Waals surface area contributed by atoms with E-state index in [1.807, 2.05) is 0 Å². The maximum atomic E-state index is 13.5. The summed E-state index contributed by atoms with van der Waals surface area (Å²) in [5, 5.41) is -0.168. The van der Waals surface area contributed by atoms with Gasteiger partial charge in [0.1, 0.15) is 5.60 Å². The van der Waals surface area contributed by atoms with Crippen LogP contribution in [0.4, 0.5) is 19.3 Å². The number of nitrogens with one attached hydrogen (secondary N) is 1. The Morgan fingerprint density at radius 3 is 2.24 bits per heavy atom. The quantitative estimate of drug-likeness (QED) is 0.711. The van der Waals surface area contributed by atoms with E-state index < -0.39 is 34.6 Å². The normalized spacial score (nSPS) is 11.5. The van der Waals surface area contributed by atoms with Gasteiger partial charge in [-0.3, -0.25) is 9.69 Å². The monoisotopic (exact) mass is 403 g/mol. The van der Waals surface area contributed by atoms with E-state index in [0.717, 1.165) is 16.7 Å². The van der Waals surface area contributed by atoms with E-state index in [1.165, 1.54) is 36.2 Å². The van der Waals surface area contributed by atoms with Crippen molar-refractivity contribution in [2.45, 2.75) is 26.4 Å². The van der Waals surface area contributed by atoms with Crippen LogP contribution in [0.2, 0.25) is 0 Å². The molecular weight excluding hydrogens is 384 g/mol. The topological polar surface area (TPSA) is 84.4 Å². The number of benzene rings is 2. The number of anilines is 1. The molecule has 2 aromatic carbocycles.